The molecule has 6 nitrogen and oxygen atoms in total. The zero-order valence-corrected chi connectivity index (χ0v) is 12.4. The second kappa shape index (κ2) is 6.41. The molecule has 0 aliphatic heterocycles. The van der Waals surface area contributed by atoms with Crippen LogP contribution in [0, 0.1) is 11.3 Å². The van der Waals surface area contributed by atoms with E-state index in [1.807, 2.05) is 13.0 Å². The van der Waals surface area contributed by atoms with E-state index in [1.54, 1.807) is 18.2 Å². The minimum atomic E-state index is -3.66. The van der Waals surface area contributed by atoms with Crippen LogP contribution in [0.1, 0.15) is 24.6 Å². The van der Waals surface area contributed by atoms with Crippen LogP contribution >= 0.6 is 0 Å². The van der Waals surface area contributed by atoms with Crippen LogP contribution in [-0.4, -0.2) is 18.6 Å². The number of hydrogen-bond acceptors (Lipinski definition) is 4. The molecule has 0 atom stereocenters. The van der Waals surface area contributed by atoms with Crippen LogP contribution in [0.3, 0.4) is 0 Å². The van der Waals surface area contributed by atoms with Crippen molar-refractivity contribution in [2.45, 2.75) is 31.1 Å². The van der Waals surface area contributed by atoms with Crippen LogP contribution in [0.2, 0.25) is 0 Å². The van der Waals surface area contributed by atoms with Gasteiger partial charge < -0.3 is 0 Å². The van der Waals surface area contributed by atoms with Gasteiger partial charge in [-0.3, -0.25) is 9.82 Å². The number of H-pyrrole nitrogens is 1. The summed E-state index contributed by atoms with van der Waals surface area (Å²) in [4.78, 5) is 0.143. The monoisotopic (exact) mass is 304 g/mol. The highest BCUT2D eigenvalue weighted by Gasteiger charge is 2.15. The number of aromatic nitrogens is 2. The quantitative estimate of drug-likeness (QED) is 0.854. The molecule has 0 bridgehead atoms. The number of nitriles is 1. The molecule has 0 saturated carbocycles. The molecule has 1 heterocycles. The Bertz CT molecular complexity index is 742. The minimum absolute atomic E-state index is 0.143. The van der Waals surface area contributed by atoms with E-state index in [1.165, 1.54) is 12.1 Å². The summed E-state index contributed by atoms with van der Waals surface area (Å²) in [5.41, 5.74) is 1.67. The van der Waals surface area contributed by atoms with E-state index >= 15 is 0 Å². The fraction of sp³-hybridized carbons (Fsp3) is 0.286. The van der Waals surface area contributed by atoms with E-state index in [9.17, 15) is 8.42 Å². The molecule has 0 aliphatic rings. The summed E-state index contributed by atoms with van der Waals surface area (Å²) in [5, 5.41) is 15.3. The maximum Gasteiger partial charge on any atom is 0.263 e. The molecule has 2 N–H and O–H groups in total. The number of anilines is 1. The highest BCUT2D eigenvalue weighted by Crippen LogP contribution is 2.16. The summed E-state index contributed by atoms with van der Waals surface area (Å²) in [7, 11) is -3.66. The molecule has 110 valence electrons. The summed E-state index contributed by atoms with van der Waals surface area (Å²) < 4.78 is 26.8. The summed E-state index contributed by atoms with van der Waals surface area (Å²) in [6.45, 7) is 2.04. The van der Waals surface area contributed by atoms with Crippen molar-refractivity contribution < 1.29 is 8.42 Å². The maximum absolute atomic E-state index is 12.2. The van der Waals surface area contributed by atoms with E-state index in [0.29, 0.717) is 0 Å². The SMILES string of the molecule is CCCc1cc(NS(=O)(=O)c2ccc(CC#N)cc2)n[nH]1. The van der Waals surface area contributed by atoms with Crippen molar-refractivity contribution in [1.82, 2.24) is 10.2 Å². The largest absolute Gasteiger partial charge is 0.280 e. The van der Waals surface area contributed by atoms with Gasteiger partial charge in [-0.15, -0.1) is 0 Å². The van der Waals surface area contributed by atoms with Gasteiger partial charge in [-0.25, -0.2) is 8.42 Å². The van der Waals surface area contributed by atoms with E-state index in [0.717, 1.165) is 24.1 Å². The maximum atomic E-state index is 12.2. The zero-order valence-electron chi connectivity index (χ0n) is 11.6. The van der Waals surface area contributed by atoms with Gasteiger partial charge in [-0.1, -0.05) is 25.5 Å². The first-order chi connectivity index (χ1) is 10.0. The third-order valence-electron chi connectivity index (χ3n) is 2.91. The van der Waals surface area contributed by atoms with Gasteiger partial charge in [0, 0.05) is 11.8 Å². The van der Waals surface area contributed by atoms with Crippen molar-refractivity contribution in [2.24, 2.45) is 0 Å². The second-order valence-electron chi connectivity index (χ2n) is 4.61. The van der Waals surface area contributed by atoms with Gasteiger partial charge in [0.1, 0.15) is 0 Å². The molecule has 0 radical (unpaired) electrons. The van der Waals surface area contributed by atoms with Crippen molar-refractivity contribution in [3.05, 3.63) is 41.6 Å². The summed E-state index contributed by atoms with van der Waals surface area (Å²) in [6, 6.07) is 9.92. The lowest BCUT2D eigenvalue weighted by Gasteiger charge is -2.05. The van der Waals surface area contributed by atoms with E-state index < -0.39 is 10.0 Å². The van der Waals surface area contributed by atoms with Crippen LogP contribution in [-0.2, 0) is 22.9 Å². The Morgan fingerprint density at radius 1 is 1.33 bits per heavy atom. The van der Waals surface area contributed by atoms with Crippen molar-refractivity contribution >= 4 is 15.8 Å². The standard InChI is InChI=1S/C14H16N4O2S/c1-2-3-12-10-14(17-16-12)18-21(19,20)13-6-4-11(5-7-13)8-9-15/h4-7,10H,2-3,8H2,1H3,(H2,16,17,18). The molecule has 1 aromatic carbocycles. The van der Waals surface area contributed by atoms with Crippen LogP contribution in [0.5, 0.6) is 0 Å². The first kappa shape index (κ1) is 15.1. The number of hydrogen-bond donors (Lipinski definition) is 2. The van der Waals surface area contributed by atoms with E-state index in [4.69, 9.17) is 5.26 Å². The molecule has 0 aliphatic carbocycles. The third kappa shape index (κ3) is 3.83. The van der Waals surface area contributed by atoms with Gasteiger partial charge in [-0.2, -0.15) is 10.4 Å². The molecule has 7 heteroatoms. The third-order valence-corrected chi connectivity index (χ3v) is 4.28. The summed E-state index contributed by atoms with van der Waals surface area (Å²) in [6.07, 6.45) is 2.03. The van der Waals surface area contributed by atoms with Crippen LogP contribution < -0.4 is 4.72 Å². The van der Waals surface area contributed by atoms with Gasteiger partial charge in [-0.05, 0) is 24.1 Å². The van der Waals surface area contributed by atoms with Crippen molar-refractivity contribution in [1.29, 1.82) is 5.26 Å². The first-order valence-corrected chi connectivity index (χ1v) is 8.06. The molecule has 0 fully saturated rings. The number of rotatable bonds is 6. The predicted molar refractivity (Wildman–Crippen MR) is 79.2 cm³/mol. The van der Waals surface area contributed by atoms with Crippen molar-refractivity contribution in [2.75, 3.05) is 4.72 Å². The predicted octanol–water partition coefficient (Wildman–Crippen LogP) is 2.23. The number of aromatic amines is 1. The zero-order chi connectivity index (χ0) is 15.3. The van der Waals surface area contributed by atoms with Crippen molar-refractivity contribution in [3.8, 4) is 6.07 Å². The Hall–Kier alpha value is -2.33. The molecular formula is C14H16N4O2S. The Balaban J connectivity index is 2.15. The highest BCUT2D eigenvalue weighted by molar-refractivity contribution is 7.92. The van der Waals surface area contributed by atoms with Crippen LogP contribution in [0.4, 0.5) is 5.82 Å². The van der Waals surface area contributed by atoms with Gasteiger partial charge in [0.25, 0.3) is 10.0 Å². The number of aryl methyl sites for hydroxylation is 1. The lowest BCUT2D eigenvalue weighted by Crippen LogP contribution is -2.13. The number of benzene rings is 1. The average molecular weight is 304 g/mol. The Morgan fingerprint density at radius 3 is 2.67 bits per heavy atom. The molecule has 2 aromatic rings. The Labute approximate surface area is 123 Å². The molecule has 0 spiro atoms. The Kier molecular flexibility index (Phi) is 4.60. The second-order valence-corrected chi connectivity index (χ2v) is 6.30. The fourth-order valence-electron chi connectivity index (χ4n) is 1.89. The van der Waals surface area contributed by atoms with Crippen molar-refractivity contribution in [3.63, 3.8) is 0 Å². The summed E-state index contributed by atoms with van der Waals surface area (Å²) in [5.74, 6) is 0.277. The molecule has 0 saturated heterocycles. The molecule has 1 aromatic heterocycles. The highest BCUT2D eigenvalue weighted by atomic mass is 32.2. The molecular weight excluding hydrogens is 288 g/mol. The normalized spacial score (nSPS) is 11.0. The lowest BCUT2D eigenvalue weighted by molar-refractivity contribution is 0.601. The lowest BCUT2D eigenvalue weighted by atomic mass is 10.2. The summed E-state index contributed by atoms with van der Waals surface area (Å²) >= 11 is 0. The van der Waals surface area contributed by atoms with E-state index in [-0.39, 0.29) is 17.1 Å². The molecule has 21 heavy (non-hydrogen) atoms. The molecule has 0 amide bonds. The Morgan fingerprint density at radius 2 is 2.05 bits per heavy atom. The van der Waals surface area contributed by atoms with Gasteiger partial charge in [0.15, 0.2) is 5.82 Å². The van der Waals surface area contributed by atoms with Gasteiger partial charge in [0.2, 0.25) is 0 Å². The smallest absolute Gasteiger partial charge is 0.263 e. The number of sulfonamides is 1. The number of nitrogens with one attached hydrogen (secondary N) is 2. The van der Waals surface area contributed by atoms with Gasteiger partial charge in [0.05, 0.1) is 17.4 Å². The fourth-order valence-corrected chi connectivity index (χ4v) is 2.88. The van der Waals surface area contributed by atoms with Gasteiger partial charge >= 0.3 is 0 Å². The molecule has 2 rings (SSSR count). The topological polar surface area (TPSA) is 98.6 Å². The number of nitrogens with zero attached hydrogens (tertiary/aromatic N) is 2. The van der Waals surface area contributed by atoms with Crippen LogP contribution in [0.25, 0.3) is 0 Å². The first-order valence-electron chi connectivity index (χ1n) is 6.58. The van der Waals surface area contributed by atoms with Crippen LogP contribution in [0.15, 0.2) is 35.2 Å². The minimum Gasteiger partial charge on any atom is -0.280 e. The van der Waals surface area contributed by atoms with E-state index in [2.05, 4.69) is 14.9 Å². The molecule has 0 unspecified atom stereocenters. The average Bonchev–Trinajstić information content (AvgIpc) is 2.87.